The van der Waals surface area contributed by atoms with E-state index in [0.717, 1.165) is 18.6 Å². The van der Waals surface area contributed by atoms with Crippen LogP contribution in [0.3, 0.4) is 0 Å². The van der Waals surface area contributed by atoms with Crippen LogP contribution in [-0.2, 0) is 6.18 Å². The van der Waals surface area contributed by atoms with Gasteiger partial charge in [-0.05, 0) is 37.3 Å². The first-order chi connectivity index (χ1) is 8.90. The SMILES string of the molecule is CCNc1cc(C(F)(F)F)cc(NCC2CC2C)n1. The lowest BCUT2D eigenvalue weighted by Crippen LogP contribution is -2.12. The minimum absolute atomic E-state index is 0.253. The first-order valence-electron chi connectivity index (χ1n) is 6.47. The van der Waals surface area contributed by atoms with Crippen molar-refractivity contribution in [2.45, 2.75) is 26.4 Å². The molecule has 0 radical (unpaired) electrons. The van der Waals surface area contributed by atoms with Crippen molar-refractivity contribution in [1.29, 1.82) is 0 Å². The van der Waals surface area contributed by atoms with E-state index < -0.39 is 11.7 Å². The molecule has 6 heteroatoms. The highest BCUT2D eigenvalue weighted by Gasteiger charge is 2.33. The van der Waals surface area contributed by atoms with Gasteiger partial charge in [0.1, 0.15) is 11.6 Å². The van der Waals surface area contributed by atoms with Gasteiger partial charge in [-0.1, -0.05) is 6.92 Å². The maximum Gasteiger partial charge on any atom is 0.416 e. The van der Waals surface area contributed by atoms with Crippen molar-refractivity contribution >= 4 is 11.6 Å². The number of nitrogens with zero attached hydrogens (tertiary/aromatic N) is 1. The Bertz CT molecular complexity index is 445. The lowest BCUT2D eigenvalue weighted by Gasteiger charge is -2.13. The molecule has 1 heterocycles. The van der Waals surface area contributed by atoms with Crippen LogP contribution in [-0.4, -0.2) is 18.1 Å². The molecule has 0 saturated heterocycles. The molecule has 1 aliphatic carbocycles. The second-order valence-corrected chi connectivity index (χ2v) is 5.01. The number of anilines is 2. The Morgan fingerprint density at radius 3 is 2.32 bits per heavy atom. The van der Waals surface area contributed by atoms with E-state index in [4.69, 9.17) is 0 Å². The van der Waals surface area contributed by atoms with Crippen LogP contribution in [0.4, 0.5) is 24.8 Å². The average molecular weight is 273 g/mol. The van der Waals surface area contributed by atoms with E-state index in [1.165, 1.54) is 0 Å². The summed E-state index contributed by atoms with van der Waals surface area (Å²) in [4.78, 5) is 4.14. The largest absolute Gasteiger partial charge is 0.416 e. The van der Waals surface area contributed by atoms with Gasteiger partial charge in [0.05, 0.1) is 5.56 Å². The molecule has 0 amide bonds. The van der Waals surface area contributed by atoms with Crippen LogP contribution in [0.2, 0.25) is 0 Å². The van der Waals surface area contributed by atoms with Gasteiger partial charge in [0.25, 0.3) is 0 Å². The first-order valence-corrected chi connectivity index (χ1v) is 6.47. The van der Waals surface area contributed by atoms with E-state index in [2.05, 4.69) is 22.5 Å². The van der Waals surface area contributed by atoms with Gasteiger partial charge >= 0.3 is 6.18 Å². The van der Waals surface area contributed by atoms with Gasteiger partial charge in [-0.2, -0.15) is 13.2 Å². The van der Waals surface area contributed by atoms with Crippen LogP contribution >= 0.6 is 0 Å². The van der Waals surface area contributed by atoms with Crippen LogP contribution in [0.5, 0.6) is 0 Å². The lowest BCUT2D eigenvalue weighted by molar-refractivity contribution is -0.137. The Labute approximate surface area is 110 Å². The molecule has 1 aromatic heterocycles. The van der Waals surface area contributed by atoms with E-state index in [9.17, 15) is 13.2 Å². The summed E-state index contributed by atoms with van der Waals surface area (Å²) in [5.74, 6) is 1.75. The third-order valence-corrected chi connectivity index (χ3v) is 3.33. The number of hydrogen-bond acceptors (Lipinski definition) is 3. The van der Waals surface area contributed by atoms with Crippen molar-refractivity contribution in [2.75, 3.05) is 23.7 Å². The number of hydrogen-bond donors (Lipinski definition) is 2. The van der Waals surface area contributed by atoms with Crippen LogP contribution < -0.4 is 10.6 Å². The monoisotopic (exact) mass is 273 g/mol. The van der Waals surface area contributed by atoms with Gasteiger partial charge in [0.2, 0.25) is 0 Å². The molecule has 2 atom stereocenters. The minimum atomic E-state index is -4.35. The second-order valence-electron chi connectivity index (χ2n) is 5.01. The molecular weight excluding hydrogens is 255 g/mol. The standard InChI is InChI=1S/C13H18F3N3/c1-3-17-11-5-10(13(14,15)16)6-12(19-11)18-7-9-4-8(9)2/h5-6,8-9H,3-4,7H2,1-2H3,(H2,17,18,19). The zero-order valence-electron chi connectivity index (χ0n) is 11.0. The van der Waals surface area contributed by atoms with Crippen molar-refractivity contribution in [1.82, 2.24) is 4.98 Å². The molecule has 1 saturated carbocycles. The highest BCUT2D eigenvalue weighted by atomic mass is 19.4. The molecule has 2 rings (SSSR count). The summed E-state index contributed by atoms with van der Waals surface area (Å²) < 4.78 is 38.3. The van der Waals surface area contributed by atoms with Crippen LogP contribution in [0.15, 0.2) is 12.1 Å². The molecule has 1 aromatic rings. The molecule has 0 spiro atoms. The topological polar surface area (TPSA) is 37.0 Å². The van der Waals surface area contributed by atoms with E-state index >= 15 is 0 Å². The molecular formula is C13H18F3N3. The van der Waals surface area contributed by atoms with Crippen LogP contribution in [0, 0.1) is 11.8 Å². The summed E-state index contributed by atoms with van der Waals surface area (Å²) in [7, 11) is 0. The van der Waals surface area contributed by atoms with E-state index in [1.807, 2.05) is 6.92 Å². The highest BCUT2D eigenvalue weighted by molar-refractivity contribution is 5.49. The maximum absolute atomic E-state index is 12.8. The predicted octanol–water partition coefficient (Wildman–Crippen LogP) is 3.60. The maximum atomic E-state index is 12.8. The molecule has 0 bridgehead atoms. The van der Waals surface area contributed by atoms with Gasteiger partial charge < -0.3 is 10.6 Å². The van der Waals surface area contributed by atoms with Gasteiger partial charge in [0.15, 0.2) is 0 Å². The van der Waals surface area contributed by atoms with E-state index in [1.54, 1.807) is 0 Å². The molecule has 1 aliphatic rings. The van der Waals surface area contributed by atoms with Crippen LogP contribution in [0.25, 0.3) is 0 Å². The Balaban J connectivity index is 2.13. The fraction of sp³-hybridized carbons (Fsp3) is 0.615. The molecule has 0 aliphatic heterocycles. The lowest BCUT2D eigenvalue weighted by atomic mass is 10.2. The number of aromatic nitrogens is 1. The van der Waals surface area contributed by atoms with Gasteiger partial charge in [-0.15, -0.1) is 0 Å². The third kappa shape index (κ3) is 3.75. The number of alkyl halides is 3. The van der Waals surface area contributed by atoms with Crippen molar-refractivity contribution in [3.8, 4) is 0 Å². The van der Waals surface area contributed by atoms with Crippen molar-refractivity contribution < 1.29 is 13.2 Å². The summed E-state index contributed by atoms with van der Waals surface area (Å²) in [6.45, 7) is 5.17. The smallest absolute Gasteiger partial charge is 0.370 e. The fourth-order valence-corrected chi connectivity index (χ4v) is 1.98. The predicted molar refractivity (Wildman–Crippen MR) is 69.2 cm³/mol. The van der Waals surface area contributed by atoms with Gasteiger partial charge in [-0.25, -0.2) is 4.98 Å². The Morgan fingerprint density at radius 1 is 1.26 bits per heavy atom. The molecule has 0 aromatic carbocycles. The highest BCUT2D eigenvalue weighted by Crippen LogP contribution is 2.38. The Morgan fingerprint density at radius 2 is 1.84 bits per heavy atom. The normalized spacial score (nSPS) is 22.2. The Hall–Kier alpha value is -1.46. The summed E-state index contributed by atoms with van der Waals surface area (Å²) in [6.07, 6.45) is -3.22. The zero-order chi connectivity index (χ0) is 14.0. The number of pyridine rings is 1. The number of rotatable bonds is 5. The quantitative estimate of drug-likeness (QED) is 0.860. The molecule has 3 nitrogen and oxygen atoms in total. The zero-order valence-corrected chi connectivity index (χ0v) is 11.0. The van der Waals surface area contributed by atoms with Crippen molar-refractivity contribution in [2.24, 2.45) is 11.8 Å². The van der Waals surface area contributed by atoms with E-state index in [-0.39, 0.29) is 11.6 Å². The molecule has 1 fully saturated rings. The summed E-state index contributed by atoms with van der Waals surface area (Å²) in [6, 6.07) is 2.10. The molecule has 2 N–H and O–H groups in total. The van der Waals surface area contributed by atoms with Crippen molar-refractivity contribution in [3.63, 3.8) is 0 Å². The number of halogens is 3. The summed E-state index contributed by atoms with van der Waals surface area (Å²) in [5.41, 5.74) is -0.676. The average Bonchev–Trinajstić information content (AvgIpc) is 3.02. The molecule has 19 heavy (non-hydrogen) atoms. The summed E-state index contributed by atoms with van der Waals surface area (Å²) >= 11 is 0. The molecule has 2 unspecified atom stereocenters. The minimum Gasteiger partial charge on any atom is -0.370 e. The second kappa shape index (κ2) is 5.27. The fourth-order valence-electron chi connectivity index (χ4n) is 1.98. The van der Waals surface area contributed by atoms with Gasteiger partial charge in [0, 0.05) is 13.1 Å². The Kier molecular flexibility index (Phi) is 3.87. The first kappa shape index (κ1) is 14.0. The van der Waals surface area contributed by atoms with Crippen molar-refractivity contribution in [3.05, 3.63) is 17.7 Å². The number of nitrogens with one attached hydrogen (secondary N) is 2. The summed E-state index contributed by atoms with van der Waals surface area (Å²) in [5, 5.41) is 5.82. The third-order valence-electron chi connectivity index (χ3n) is 3.33. The van der Waals surface area contributed by atoms with E-state index in [0.29, 0.717) is 24.9 Å². The van der Waals surface area contributed by atoms with Crippen LogP contribution in [0.1, 0.15) is 25.8 Å². The van der Waals surface area contributed by atoms with Gasteiger partial charge in [-0.3, -0.25) is 0 Å². The molecule has 106 valence electrons.